The normalized spacial score (nSPS) is 16.0. The van der Waals surface area contributed by atoms with Crippen molar-refractivity contribution in [3.63, 3.8) is 0 Å². The van der Waals surface area contributed by atoms with Crippen molar-refractivity contribution < 1.29 is 9.21 Å². The lowest BCUT2D eigenvalue weighted by Gasteiger charge is -2.26. The van der Waals surface area contributed by atoms with E-state index in [9.17, 15) is 4.79 Å². The van der Waals surface area contributed by atoms with Crippen molar-refractivity contribution in [1.29, 1.82) is 0 Å². The van der Waals surface area contributed by atoms with Gasteiger partial charge >= 0.3 is 6.03 Å². The number of carbonyl (C=O) groups excluding carboxylic acids is 1. The minimum atomic E-state index is -0.161. The topological polar surface area (TPSA) is 57.5 Å². The number of halogens is 1. The van der Waals surface area contributed by atoms with E-state index in [1.165, 1.54) is 12.8 Å². The molecule has 2 aromatic rings. The average molecular weight is 392 g/mol. The summed E-state index contributed by atoms with van der Waals surface area (Å²) in [5.74, 6) is 0.907. The van der Waals surface area contributed by atoms with Crippen LogP contribution in [0.1, 0.15) is 30.2 Å². The number of likely N-dealkylation sites (tertiary alicyclic amines) is 1. The van der Waals surface area contributed by atoms with Crippen molar-refractivity contribution >= 4 is 22.0 Å². The summed E-state index contributed by atoms with van der Waals surface area (Å²) >= 11 is 3.43. The maximum Gasteiger partial charge on any atom is 0.315 e. The van der Waals surface area contributed by atoms with E-state index in [-0.39, 0.29) is 12.1 Å². The first-order chi connectivity index (χ1) is 11.7. The van der Waals surface area contributed by atoms with E-state index in [2.05, 4.69) is 31.5 Å². The van der Waals surface area contributed by atoms with E-state index < -0.39 is 0 Å². The average Bonchev–Trinajstić information content (AvgIpc) is 3.27. The van der Waals surface area contributed by atoms with E-state index in [1.807, 2.05) is 36.4 Å². The molecular formula is C18H22BrN3O2. The molecule has 1 aliphatic heterocycles. The van der Waals surface area contributed by atoms with Crippen molar-refractivity contribution in [1.82, 2.24) is 15.5 Å². The van der Waals surface area contributed by atoms with Crippen LogP contribution in [-0.2, 0) is 6.54 Å². The number of rotatable bonds is 6. The molecular weight excluding hydrogens is 370 g/mol. The summed E-state index contributed by atoms with van der Waals surface area (Å²) in [5.41, 5.74) is 1.06. The van der Waals surface area contributed by atoms with Gasteiger partial charge in [-0.25, -0.2) is 4.79 Å². The van der Waals surface area contributed by atoms with Crippen LogP contribution in [0.4, 0.5) is 4.79 Å². The van der Waals surface area contributed by atoms with E-state index >= 15 is 0 Å². The summed E-state index contributed by atoms with van der Waals surface area (Å²) in [6.45, 7) is 3.14. The molecule has 0 saturated carbocycles. The van der Waals surface area contributed by atoms with Gasteiger partial charge in [-0.05, 0) is 55.8 Å². The molecule has 1 aromatic carbocycles. The number of hydrogen-bond acceptors (Lipinski definition) is 3. The molecule has 1 aliphatic rings. The van der Waals surface area contributed by atoms with Crippen LogP contribution in [0.2, 0.25) is 0 Å². The number of amides is 2. The second-order valence-electron chi connectivity index (χ2n) is 5.97. The van der Waals surface area contributed by atoms with Crippen LogP contribution < -0.4 is 10.6 Å². The fraction of sp³-hybridized carbons (Fsp3) is 0.389. The maximum atomic E-state index is 12.1. The van der Waals surface area contributed by atoms with E-state index in [0.717, 1.165) is 28.9 Å². The minimum Gasteiger partial charge on any atom is -0.468 e. The van der Waals surface area contributed by atoms with Gasteiger partial charge in [0, 0.05) is 17.6 Å². The third kappa shape index (κ3) is 4.61. The minimum absolute atomic E-state index is 0.0964. The Bertz CT molecular complexity index is 654. The fourth-order valence-electron chi connectivity index (χ4n) is 3.02. The van der Waals surface area contributed by atoms with Crippen LogP contribution in [0.3, 0.4) is 0 Å². The molecule has 1 atom stereocenters. The Kier molecular flexibility index (Phi) is 5.93. The molecule has 5 nitrogen and oxygen atoms in total. The summed E-state index contributed by atoms with van der Waals surface area (Å²) in [6.07, 6.45) is 4.09. The van der Waals surface area contributed by atoms with E-state index in [0.29, 0.717) is 13.1 Å². The van der Waals surface area contributed by atoms with Gasteiger partial charge in [0.2, 0.25) is 0 Å². The van der Waals surface area contributed by atoms with Gasteiger partial charge in [-0.3, -0.25) is 4.90 Å². The molecule has 1 fully saturated rings. The van der Waals surface area contributed by atoms with Crippen molar-refractivity contribution in [3.05, 3.63) is 58.5 Å². The molecule has 0 spiro atoms. The Morgan fingerprint density at radius 1 is 1.21 bits per heavy atom. The molecule has 24 heavy (non-hydrogen) atoms. The largest absolute Gasteiger partial charge is 0.468 e. The molecule has 0 aliphatic carbocycles. The number of nitrogens with zero attached hydrogens (tertiary/aromatic N) is 1. The highest BCUT2D eigenvalue weighted by molar-refractivity contribution is 9.10. The van der Waals surface area contributed by atoms with Crippen LogP contribution in [0.5, 0.6) is 0 Å². The number of benzene rings is 1. The van der Waals surface area contributed by atoms with Gasteiger partial charge in [0.1, 0.15) is 5.76 Å². The SMILES string of the molecule is O=C(NCc1cccc(Br)c1)NCC(c1ccco1)N1CCCC1. The van der Waals surface area contributed by atoms with Gasteiger partial charge in [-0.1, -0.05) is 28.1 Å². The third-order valence-electron chi connectivity index (χ3n) is 4.25. The maximum absolute atomic E-state index is 12.1. The first-order valence-electron chi connectivity index (χ1n) is 8.26. The smallest absolute Gasteiger partial charge is 0.315 e. The molecule has 2 heterocycles. The summed E-state index contributed by atoms with van der Waals surface area (Å²) in [7, 11) is 0. The zero-order valence-corrected chi connectivity index (χ0v) is 15.1. The van der Waals surface area contributed by atoms with E-state index in [1.54, 1.807) is 6.26 Å². The molecule has 0 bridgehead atoms. The van der Waals surface area contributed by atoms with Gasteiger partial charge in [0.25, 0.3) is 0 Å². The number of urea groups is 1. The fourth-order valence-corrected chi connectivity index (χ4v) is 3.47. The lowest BCUT2D eigenvalue weighted by Crippen LogP contribution is -2.41. The molecule has 1 saturated heterocycles. The number of furan rings is 1. The number of carbonyl (C=O) groups is 1. The zero-order valence-electron chi connectivity index (χ0n) is 13.5. The molecule has 128 valence electrons. The Balaban J connectivity index is 1.51. The van der Waals surface area contributed by atoms with Crippen molar-refractivity contribution in [3.8, 4) is 0 Å². The van der Waals surface area contributed by atoms with Crippen LogP contribution in [0.25, 0.3) is 0 Å². The van der Waals surface area contributed by atoms with Gasteiger partial charge in [0.15, 0.2) is 0 Å². The van der Waals surface area contributed by atoms with Gasteiger partial charge < -0.3 is 15.1 Å². The zero-order chi connectivity index (χ0) is 16.8. The van der Waals surface area contributed by atoms with Crippen LogP contribution in [0, 0.1) is 0 Å². The van der Waals surface area contributed by atoms with Gasteiger partial charge in [-0.2, -0.15) is 0 Å². The number of nitrogens with one attached hydrogen (secondary N) is 2. The highest BCUT2D eigenvalue weighted by Crippen LogP contribution is 2.24. The summed E-state index contributed by atoms with van der Waals surface area (Å²) < 4.78 is 6.57. The Morgan fingerprint density at radius 2 is 2.04 bits per heavy atom. The molecule has 1 unspecified atom stereocenters. The van der Waals surface area contributed by atoms with E-state index in [4.69, 9.17) is 4.42 Å². The predicted molar refractivity (Wildman–Crippen MR) is 96.6 cm³/mol. The molecule has 2 N–H and O–H groups in total. The van der Waals surface area contributed by atoms with Crippen molar-refractivity contribution in [2.24, 2.45) is 0 Å². The van der Waals surface area contributed by atoms with Gasteiger partial charge in [0.05, 0.1) is 12.3 Å². The quantitative estimate of drug-likeness (QED) is 0.789. The molecule has 3 rings (SSSR count). The molecule has 6 heteroatoms. The van der Waals surface area contributed by atoms with Crippen LogP contribution in [-0.4, -0.2) is 30.6 Å². The highest BCUT2D eigenvalue weighted by Gasteiger charge is 2.25. The molecule has 2 amide bonds. The second-order valence-corrected chi connectivity index (χ2v) is 6.88. The third-order valence-corrected chi connectivity index (χ3v) is 4.74. The predicted octanol–water partition coefficient (Wildman–Crippen LogP) is 3.68. The highest BCUT2D eigenvalue weighted by atomic mass is 79.9. The standard InChI is InChI=1S/C18H22BrN3O2/c19-15-6-3-5-14(11-15)12-20-18(23)21-13-16(17-7-4-10-24-17)22-8-1-2-9-22/h3-7,10-11,16H,1-2,8-9,12-13H2,(H2,20,21,23). The van der Waals surface area contributed by atoms with Gasteiger partial charge in [-0.15, -0.1) is 0 Å². The first-order valence-corrected chi connectivity index (χ1v) is 9.05. The Morgan fingerprint density at radius 3 is 2.75 bits per heavy atom. The summed E-state index contributed by atoms with van der Waals surface area (Å²) in [5, 5.41) is 5.87. The first kappa shape index (κ1) is 17.0. The summed E-state index contributed by atoms with van der Waals surface area (Å²) in [4.78, 5) is 14.5. The Hall–Kier alpha value is -1.79. The van der Waals surface area contributed by atoms with Crippen LogP contribution >= 0.6 is 15.9 Å². The van der Waals surface area contributed by atoms with Crippen LogP contribution in [0.15, 0.2) is 51.6 Å². The molecule has 1 aromatic heterocycles. The monoisotopic (exact) mass is 391 g/mol. The second kappa shape index (κ2) is 8.35. The lowest BCUT2D eigenvalue weighted by molar-refractivity contribution is 0.203. The number of hydrogen-bond donors (Lipinski definition) is 2. The lowest BCUT2D eigenvalue weighted by atomic mass is 10.2. The van der Waals surface area contributed by atoms with Crippen molar-refractivity contribution in [2.75, 3.05) is 19.6 Å². The van der Waals surface area contributed by atoms with Crippen molar-refractivity contribution in [2.45, 2.75) is 25.4 Å². The Labute approximate surface area is 150 Å². The summed E-state index contributed by atoms with van der Waals surface area (Å²) in [6, 6.07) is 11.7. The molecule has 0 radical (unpaired) electrons.